The fourth-order valence-electron chi connectivity index (χ4n) is 3.55. The number of hydrogen-bond donors (Lipinski definition) is 2. The Morgan fingerprint density at radius 3 is 2.53 bits per heavy atom. The molecule has 36 heavy (non-hydrogen) atoms. The zero-order valence-electron chi connectivity index (χ0n) is 18.9. The lowest BCUT2D eigenvalue weighted by molar-refractivity contribution is -0.138. The molecule has 2 aromatic carbocycles. The summed E-state index contributed by atoms with van der Waals surface area (Å²) in [5.74, 6) is -2.64. The summed E-state index contributed by atoms with van der Waals surface area (Å²) in [6, 6.07) is 4.35. The molecule has 1 saturated heterocycles. The van der Waals surface area contributed by atoms with E-state index in [-0.39, 0.29) is 50.4 Å². The van der Waals surface area contributed by atoms with E-state index in [1.165, 1.54) is 24.2 Å². The monoisotopic (exact) mass is 543 g/mol. The van der Waals surface area contributed by atoms with Gasteiger partial charge in [-0.1, -0.05) is 30.4 Å². The number of amides is 1. The van der Waals surface area contributed by atoms with E-state index in [0.29, 0.717) is 37.5 Å². The first-order valence-corrected chi connectivity index (χ1v) is 11.9. The molecule has 1 fully saturated rings. The number of unbranched alkanes of at least 4 members (excludes halogenated alkanes) is 2. The van der Waals surface area contributed by atoms with Crippen LogP contribution in [0.4, 0.5) is 17.6 Å². The van der Waals surface area contributed by atoms with Crippen molar-refractivity contribution < 1.29 is 42.1 Å². The van der Waals surface area contributed by atoms with Gasteiger partial charge in [0.25, 0.3) is 5.91 Å². The number of nitrogens with zero attached hydrogens (tertiary/aromatic N) is 1. The molecule has 0 bridgehead atoms. The number of phenols is 1. The number of phenolic OH excluding ortho intramolecular Hbond substituents is 1. The maximum absolute atomic E-state index is 14.6. The SMILES string of the molecule is COc1cc(O)c(/C=C2\SC(=S)N(CCCCCC(=O)O)C2=O)cc1-c1cc(C(F)(F)F)ccc1F. The average molecular weight is 544 g/mol. The largest absolute Gasteiger partial charge is 0.507 e. The summed E-state index contributed by atoms with van der Waals surface area (Å²) < 4.78 is 59.6. The average Bonchev–Trinajstić information content (AvgIpc) is 3.06. The van der Waals surface area contributed by atoms with Gasteiger partial charge in [0.05, 0.1) is 17.6 Å². The molecular formula is C24H21F4NO5S2. The molecule has 0 atom stereocenters. The zero-order chi connectivity index (χ0) is 26.6. The second-order valence-electron chi connectivity index (χ2n) is 7.84. The minimum absolute atomic E-state index is 0.0316. The van der Waals surface area contributed by atoms with Crippen LogP contribution in [0, 0.1) is 5.82 Å². The Hall–Kier alpha value is -3.12. The molecule has 6 nitrogen and oxygen atoms in total. The number of thioether (sulfide) groups is 1. The Kier molecular flexibility index (Phi) is 8.62. The molecule has 0 unspecified atom stereocenters. The number of aromatic hydroxyl groups is 1. The Labute approximate surface area is 213 Å². The number of alkyl halides is 3. The van der Waals surface area contributed by atoms with Crippen LogP contribution in [0.1, 0.15) is 36.8 Å². The summed E-state index contributed by atoms with van der Waals surface area (Å²) in [4.78, 5) is 25.0. The van der Waals surface area contributed by atoms with E-state index < -0.39 is 29.4 Å². The summed E-state index contributed by atoms with van der Waals surface area (Å²) in [6.45, 7) is 0.289. The van der Waals surface area contributed by atoms with Gasteiger partial charge in [-0.2, -0.15) is 13.2 Å². The predicted molar refractivity (Wildman–Crippen MR) is 131 cm³/mol. The van der Waals surface area contributed by atoms with Crippen LogP contribution < -0.4 is 4.74 Å². The molecule has 0 aromatic heterocycles. The highest BCUT2D eigenvalue weighted by Crippen LogP contribution is 2.41. The second kappa shape index (κ2) is 11.3. The lowest BCUT2D eigenvalue weighted by atomic mass is 9.98. The summed E-state index contributed by atoms with van der Waals surface area (Å²) in [5.41, 5.74) is -1.42. The Bertz CT molecular complexity index is 1230. The highest BCUT2D eigenvalue weighted by molar-refractivity contribution is 8.26. The predicted octanol–water partition coefficient (Wildman–Crippen LogP) is 6.07. The maximum Gasteiger partial charge on any atom is 0.416 e. The second-order valence-corrected chi connectivity index (χ2v) is 9.52. The molecule has 1 aliphatic heterocycles. The van der Waals surface area contributed by atoms with Crippen molar-refractivity contribution in [1.82, 2.24) is 4.90 Å². The Balaban J connectivity index is 1.91. The van der Waals surface area contributed by atoms with Crippen LogP contribution in [0.5, 0.6) is 11.5 Å². The summed E-state index contributed by atoms with van der Waals surface area (Å²) in [5, 5.41) is 19.2. The number of carboxylic acid groups (broad SMARTS) is 1. The lowest BCUT2D eigenvalue weighted by Crippen LogP contribution is -2.29. The van der Waals surface area contributed by atoms with E-state index in [1.54, 1.807) is 0 Å². The fourth-order valence-corrected chi connectivity index (χ4v) is 4.85. The highest BCUT2D eigenvalue weighted by atomic mass is 32.2. The fraction of sp³-hybridized carbons (Fsp3) is 0.292. The third-order valence-electron chi connectivity index (χ3n) is 5.37. The molecule has 0 saturated carbocycles. The van der Waals surface area contributed by atoms with Crippen LogP contribution in [-0.2, 0) is 15.8 Å². The smallest absolute Gasteiger partial charge is 0.416 e. The Morgan fingerprint density at radius 2 is 1.89 bits per heavy atom. The number of hydrogen-bond acceptors (Lipinski definition) is 6. The number of benzene rings is 2. The van der Waals surface area contributed by atoms with Gasteiger partial charge in [-0.05, 0) is 43.2 Å². The van der Waals surface area contributed by atoms with Crippen LogP contribution in [0.2, 0.25) is 0 Å². The third kappa shape index (κ3) is 6.35. The quantitative estimate of drug-likeness (QED) is 0.172. The number of carbonyl (C=O) groups is 2. The molecule has 3 rings (SSSR count). The standard InChI is InChI=1S/C24H21F4NO5S2/c1-34-19-12-18(30)13(9-16(19)15-11-14(24(26,27)28)6-7-17(15)25)10-20-22(33)29(23(35)36-20)8-4-2-3-5-21(31)32/h6-7,9-12,30H,2-5,8H2,1H3,(H,31,32)/b20-10-. The number of carbonyl (C=O) groups excluding carboxylic acids is 1. The molecule has 2 aromatic rings. The topological polar surface area (TPSA) is 87.1 Å². The van der Waals surface area contributed by atoms with E-state index in [1.807, 2.05) is 0 Å². The molecule has 2 N–H and O–H groups in total. The first-order valence-electron chi connectivity index (χ1n) is 10.7. The number of thiocarbonyl (C=S) groups is 1. The van der Waals surface area contributed by atoms with Gasteiger partial charge in [-0.3, -0.25) is 14.5 Å². The van der Waals surface area contributed by atoms with Crippen molar-refractivity contribution in [3.05, 3.63) is 52.2 Å². The molecule has 1 aliphatic rings. The van der Waals surface area contributed by atoms with E-state index >= 15 is 0 Å². The lowest BCUT2D eigenvalue weighted by Gasteiger charge is -2.15. The van der Waals surface area contributed by atoms with Gasteiger partial charge in [0, 0.05) is 35.7 Å². The molecule has 1 amide bonds. The van der Waals surface area contributed by atoms with Gasteiger partial charge in [-0.25, -0.2) is 4.39 Å². The molecule has 1 heterocycles. The first-order chi connectivity index (χ1) is 16.9. The van der Waals surface area contributed by atoms with Crippen molar-refractivity contribution in [2.45, 2.75) is 31.9 Å². The minimum atomic E-state index is -4.70. The van der Waals surface area contributed by atoms with Gasteiger partial charge in [0.2, 0.25) is 0 Å². The molecule has 12 heteroatoms. The maximum atomic E-state index is 14.6. The minimum Gasteiger partial charge on any atom is -0.507 e. The number of carboxylic acids is 1. The van der Waals surface area contributed by atoms with Gasteiger partial charge in [0.15, 0.2) is 0 Å². The normalized spacial score (nSPS) is 15.1. The zero-order valence-corrected chi connectivity index (χ0v) is 20.5. The first kappa shape index (κ1) is 27.5. The van der Waals surface area contributed by atoms with E-state index in [0.717, 1.165) is 17.8 Å². The molecule has 192 valence electrons. The van der Waals surface area contributed by atoms with E-state index in [9.17, 15) is 32.3 Å². The van der Waals surface area contributed by atoms with Crippen molar-refractivity contribution in [2.75, 3.05) is 13.7 Å². The van der Waals surface area contributed by atoms with Crippen molar-refractivity contribution in [2.24, 2.45) is 0 Å². The molecule has 0 spiro atoms. The van der Waals surface area contributed by atoms with Crippen molar-refractivity contribution in [3.63, 3.8) is 0 Å². The number of aliphatic carboxylic acids is 1. The van der Waals surface area contributed by atoms with Gasteiger partial charge in [0.1, 0.15) is 21.6 Å². The van der Waals surface area contributed by atoms with Crippen LogP contribution in [0.3, 0.4) is 0 Å². The summed E-state index contributed by atoms with van der Waals surface area (Å²) in [7, 11) is 1.23. The third-order valence-corrected chi connectivity index (χ3v) is 6.74. The van der Waals surface area contributed by atoms with Crippen molar-refractivity contribution in [1.29, 1.82) is 0 Å². The molecule has 0 aliphatic carbocycles. The Morgan fingerprint density at radius 1 is 1.17 bits per heavy atom. The van der Waals surface area contributed by atoms with Crippen LogP contribution in [0.15, 0.2) is 35.2 Å². The van der Waals surface area contributed by atoms with Crippen LogP contribution in [0.25, 0.3) is 17.2 Å². The van der Waals surface area contributed by atoms with Gasteiger partial charge in [-0.15, -0.1) is 0 Å². The van der Waals surface area contributed by atoms with Gasteiger partial charge >= 0.3 is 12.1 Å². The number of halogens is 4. The molecule has 0 radical (unpaired) electrons. The van der Waals surface area contributed by atoms with Crippen molar-refractivity contribution >= 4 is 46.3 Å². The van der Waals surface area contributed by atoms with E-state index in [4.69, 9.17) is 22.1 Å². The van der Waals surface area contributed by atoms with Crippen molar-refractivity contribution in [3.8, 4) is 22.6 Å². The number of rotatable bonds is 9. The van der Waals surface area contributed by atoms with Gasteiger partial charge < -0.3 is 14.9 Å². The summed E-state index contributed by atoms with van der Waals surface area (Å²) in [6.07, 6.45) is -1.74. The van der Waals surface area contributed by atoms with Crippen LogP contribution >= 0.6 is 24.0 Å². The number of methoxy groups -OCH3 is 1. The number of ether oxygens (including phenoxy) is 1. The summed E-state index contributed by atoms with van der Waals surface area (Å²) >= 11 is 6.25. The highest BCUT2D eigenvalue weighted by Gasteiger charge is 2.33. The molecular weight excluding hydrogens is 522 g/mol. The van der Waals surface area contributed by atoms with E-state index in [2.05, 4.69) is 0 Å². The van der Waals surface area contributed by atoms with Crippen LogP contribution in [-0.4, -0.2) is 45.0 Å².